The Labute approximate surface area is 254 Å². The second-order valence-corrected chi connectivity index (χ2v) is 13.8. The lowest BCUT2D eigenvalue weighted by molar-refractivity contribution is -0.284. The second kappa shape index (κ2) is 13.1. The number of alkyl halides is 5. The Morgan fingerprint density at radius 2 is 1.72 bits per heavy atom. The SMILES string of the molecule is C[C@]12C[C@H](c3ccc(OCCOCCSCCCC(F)(F)C(F)(F)F)cc3)[C@@H]3c4ccc(O)cc4CC[C@H]3[C@@H]1CC[C@@H]2O. The van der Waals surface area contributed by atoms with Crippen molar-refractivity contribution >= 4 is 11.8 Å². The first-order chi connectivity index (χ1) is 20.4. The van der Waals surface area contributed by atoms with Crippen LogP contribution in [0, 0.1) is 17.3 Å². The minimum Gasteiger partial charge on any atom is -0.508 e. The van der Waals surface area contributed by atoms with Gasteiger partial charge in [0.15, 0.2) is 0 Å². The summed E-state index contributed by atoms with van der Waals surface area (Å²) in [6.07, 6.45) is -2.34. The van der Waals surface area contributed by atoms with Gasteiger partial charge in [0, 0.05) is 12.2 Å². The van der Waals surface area contributed by atoms with Gasteiger partial charge >= 0.3 is 12.1 Å². The molecule has 4 nitrogen and oxygen atoms in total. The minimum atomic E-state index is -5.49. The first-order valence-corrected chi connectivity index (χ1v) is 16.4. The molecule has 2 N–H and O–H groups in total. The third-order valence-corrected chi connectivity index (χ3v) is 11.1. The van der Waals surface area contributed by atoms with Gasteiger partial charge in [0.2, 0.25) is 0 Å². The second-order valence-electron chi connectivity index (χ2n) is 12.6. The molecular weight excluding hydrogens is 587 g/mol. The molecule has 0 spiro atoms. The zero-order chi connectivity index (χ0) is 30.8. The largest absolute Gasteiger partial charge is 0.508 e. The number of benzene rings is 2. The number of halogens is 5. The number of aliphatic hydroxyl groups excluding tert-OH is 1. The van der Waals surface area contributed by atoms with E-state index in [4.69, 9.17) is 9.47 Å². The van der Waals surface area contributed by atoms with Crippen molar-refractivity contribution in [2.45, 2.75) is 81.9 Å². The van der Waals surface area contributed by atoms with Crippen molar-refractivity contribution in [1.29, 1.82) is 0 Å². The summed E-state index contributed by atoms with van der Waals surface area (Å²) in [5, 5.41) is 21.2. The Hall–Kier alpha value is -2.04. The molecule has 3 aliphatic carbocycles. The average molecular weight is 629 g/mol. The predicted molar refractivity (Wildman–Crippen MR) is 157 cm³/mol. The van der Waals surface area contributed by atoms with Gasteiger partial charge in [-0.2, -0.15) is 33.7 Å². The average Bonchev–Trinajstić information content (AvgIpc) is 3.26. The number of rotatable bonds is 12. The zero-order valence-electron chi connectivity index (χ0n) is 24.4. The van der Waals surface area contributed by atoms with Gasteiger partial charge in [-0.3, -0.25) is 0 Å². The molecule has 0 heterocycles. The van der Waals surface area contributed by atoms with Crippen LogP contribution in [0.5, 0.6) is 11.5 Å². The van der Waals surface area contributed by atoms with Gasteiger partial charge in [0.05, 0.1) is 19.3 Å². The fourth-order valence-corrected chi connectivity index (χ4v) is 8.67. The molecule has 2 aromatic rings. The molecule has 10 heteroatoms. The fourth-order valence-electron chi connectivity index (χ4n) is 7.88. The van der Waals surface area contributed by atoms with Crippen molar-refractivity contribution < 1.29 is 41.6 Å². The predicted octanol–water partition coefficient (Wildman–Crippen LogP) is 8.11. The summed E-state index contributed by atoms with van der Waals surface area (Å²) in [6.45, 7) is 3.30. The third kappa shape index (κ3) is 6.96. The number of ether oxygens (including phenoxy) is 2. The topological polar surface area (TPSA) is 58.9 Å². The van der Waals surface area contributed by atoms with Gasteiger partial charge in [0.1, 0.15) is 18.1 Å². The van der Waals surface area contributed by atoms with Crippen LogP contribution >= 0.6 is 11.8 Å². The molecule has 2 fully saturated rings. The van der Waals surface area contributed by atoms with Crippen LogP contribution in [-0.4, -0.2) is 59.7 Å². The van der Waals surface area contributed by atoms with E-state index in [9.17, 15) is 32.2 Å². The zero-order valence-corrected chi connectivity index (χ0v) is 25.2. The summed E-state index contributed by atoms with van der Waals surface area (Å²) >= 11 is 1.29. The maximum atomic E-state index is 12.9. The lowest BCUT2D eigenvalue weighted by atomic mass is 9.51. The number of aromatic hydroxyl groups is 1. The molecule has 5 rings (SSSR count). The van der Waals surface area contributed by atoms with Gasteiger partial charge in [0.25, 0.3) is 0 Å². The van der Waals surface area contributed by atoms with Crippen molar-refractivity contribution in [3.05, 3.63) is 59.2 Å². The minimum absolute atomic E-state index is 0.112. The van der Waals surface area contributed by atoms with Crippen LogP contribution in [0.1, 0.15) is 74.0 Å². The fraction of sp³-hybridized carbons (Fsp3) is 0.636. The van der Waals surface area contributed by atoms with Crippen molar-refractivity contribution in [3.8, 4) is 11.5 Å². The van der Waals surface area contributed by atoms with Gasteiger partial charge in [-0.05, 0) is 114 Å². The van der Waals surface area contributed by atoms with E-state index >= 15 is 0 Å². The van der Waals surface area contributed by atoms with Crippen LogP contribution in [0.15, 0.2) is 42.5 Å². The molecule has 2 aromatic carbocycles. The molecule has 3 aliphatic rings. The Kier molecular flexibility index (Phi) is 9.88. The molecule has 0 bridgehead atoms. The van der Waals surface area contributed by atoms with Crippen LogP contribution < -0.4 is 4.74 Å². The maximum absolute atomic E-state index is 12.9. The molecule has 0 amide bonds. The Bertz CT molecular complexity index is 1220. The highest BCUT2D eigenvalue weighted by atomic mass is 32.2. The molecule has 0 unspecified atom stereocenters. The van der Waals surface area contributed by atoms with Crippen molar-refractivity contribution in [2.24, 2.45) is 17.3 Å². The van der Waals surface area contributed by atoms with Crippen molar-refractivity contribution in [1.82, 2.24) is 0 Å². The number of phenols is 1. The first kappa shape index (κ1) is 32.4. The van der Waals surface area contributed by atoms with Crippen LogP contribution in [0.3, 0.4) is 0 Å². The monoisotopic (exact) mass is 628 g/mol. The van der Waals surface area contributed by atoms with E-state index < -0.39 is 18.5 Å². The van der Waals surface area contributed by atoms with Crippen LogP contribution in [0.2, 0.25) is 0 Å². The highest BCUT2D eigenvalue weighted by Gasteiger charge is 2.58. The standard InChI is InChI=1S/C33H41F5O4S/c1-31-20-27(30-25-10-6-23(39)19-22(25)5-9-26(30)28(31)11-12-29(31)40)21-3-7-24(8-4-21)42-15-14-41-16-18-43-17-2-13-32(34,35)33(36,37)38/h3-4,6-8,10,19,26-30,39-40H,2,5,9,11-18,20H2,1H3/t26-,27+,28-,29-,30+,31-/m0/s1. The molecule has 238 valence electrons. The van der Waals surface area contributed by atoms with E-state index in [1.807, 2.05) is 18.2 Å². The quantitative estimate of drug-likeness (QED) is 0.184. The number of aliphatic hydroxyl groups is 1. The number of hydrogen-bond acceptors (Lipinski definition) is 5. The van der Waals surface area contributed by atoms with E-state index in [2.05, 4.69) is 25.1 Å². The molecule has 43 heavy (non-hydrogen) atoms. The van der Waals surface area contributed by atoms with E-state index in [-0.39, 0.29) is 29.6 Å². The third-order valence-electron chi connectivity index (χ3n) is 10.0. The molecule has 0 aromatic heterocycles. The summed E-state index contributed by atoms with van der Waals surface area (Å²) in [7, 11) is 0. The van der Waals surface area contributed by atoms with Gasteiger partial charge in [-0.15, -0.1) is 0 Å². The molecule has 0 saturated heterocycles. The Balaban J connectivity index is 1.11. The normalized spacial score (nSPS) is 28.7. The summed E-state index contributed by atoms with van der Waals surface area (Å²) in [6, 6.07) is 14.0. The summed E-state index contributed by atoms with van der Waals surface area (Å²) in [5.74, 6) is -1.31. The van der Waals surface area contributed by atoms with Crippen LogP contribution in [-0.2, 0) is 11.2 Å². The first-order valence-electron chi connectivity index (χ1n) is 15.2. The van der Waals surface area contributed by atoms with Gasteiger partial charge < -0.3 is 19.7 Å². The van der Waals surface area contributed by atoms with E-state index in [0.29, 0.717) is 49.1 Å². The van der Waals surface area contributed by atoms with Crippen LogP contribution in [0.25, 0.3) is 0 Å². The van der Waals surface area contributed by atoms with E-state index in [0.717, 1.165) is 37.9 Å². The van der Waals surface area contributed by atoms with E-state index in [1.165, 1.54) is 28.5 Å². The van der Waals surface area contributed by atoms with Crippen molar-refractivity contribution in [2.75, 3.05) is 31.3 Å². The Morgan fingerprint density at radius 1 is 0.953 bits per heavy atom. The lowest BCUT2D eigenvalue weighted by Gasteiger charge is -2.54. The lowest BCUT2D eigenvalue weighted by Crippen LogP contribution is -2.47. The van der Waals surface area contributed by atoms with Crippen LogP contribution in [0.4, 0.5) is 22.0 Å². The molecule has 2 saturated carbocycles. The number of aryl methyl sites for hydroxylation is 1. The summed E-state index contributed by atoms with van der Waals surface area (Å²) in [4.78, 5) is 0. The van der Waals surface area contributed by atoms with E-state index in [1.54, 1.807) is 6.07 Å². The van der Waals surface area contributed by atoms with Crippen molar-refractivity contribution in [3.63, 3.8) is 0 Å². The molecule has 0 aliphatic heterocycles. The Morgan fingerprint density at radius 3 is 2.47 bits per heavy atom. The number of hydrogen-bond donors (Lipinski definition) is 2. The van der Waals surface area contributed by atoms with Gasteiger partial charge in [-0.25, -0.2) is 0 Å². The number of thioether (sulfide) groups is 1. The molecule has 6 atom stereocenters. The summed E-state index contributed by atoms with van der Waals surface area (Å²) in [5.41, 5.74) is 3.68. The number of fused-ring (bicyclic) bond motifs is 5. The highest BCUT2D eigenvalue weighted by Crippen LogP contribution is 2.65. The smallest absolute Gasteiger partial charge is 0.453 e. The van der Waals surface area contributed by atoms with Gasteiger partial charge in [-0.1, -0.05) is 25.1 Å². The number of phenolic OH excluding ortho intramolecular Hbond substituents is 1. The molecular formula is C33H41F5O4S. The molecule has 0 radical (unpaired) electrons. The highest BCUT2D eigenvalue weighted by molar-refractivity contribution is 7.99. The maximum Gasteiger partial charge on any atom is 0.453 e. The summed E-state index contributed by atoms with van der Waals surface area (Å²) < 4.78 is 73.8.